The Morgan fingerprint density at radius 2 is 1.81 bits per heavy atom. The van der Waals surface area contributed by atoms with Gasteiger partial charge in [0.1, 0.15) is 24.4 Å². The Balaban J connectivity index is 1.10. The fourth-order valence-electron chi connectivity index (χ4n) is 8.27. The van der Waals surface area contributed by atoms with Crippen LogP contribution in [-0.2, 0) is 28.5 Å². The SMILES string of the molecule is C=C1OC2C3CC(CC13)C2OC(=O)COC12CC3CC(C1)CC(OC(=O)C(C)(F)F)(C3)C2. The number of allylic oxidation sites excluding steroid dienone is 1. The van der Waals surface area contributed by atoms with Crippen LogP contribution in [0.1, 0.15) is 58.3 Å². The first kappa shape index (κ1) is 20.9. The van der Waals surface area contributed by atoms with Gasteiger partial charge in [0.15, 0.2) is 0 Å². The summed E-state index contributed by atoms with van der Waals surface area (Å²) in [6.07, 6.45) is 5.70. The van der Waals surface area contributed by atoms with Crippen molar-refractivity contribution in [1.82, 2.24) is 0 Å². The smallest absolute Gasteiger partial charge is 0.377 e. The molecule has 1 heterocycles. The van der Waals surface area contributed by atoms with Crippen LogP contribution in [0.25, 0.3) is 0 Å². The van der Waals surface area contributed by atoms with Crippen LogP contribution >= 0.6 is 0 Å². The van der Waals surface area contributed by atoms with Gasteiger partial charge in [0.05, 0.1) is 11.4 Å². The number of hydrogen-bond acceptors (Lipinski definition) is 6. The lowest BCUT2D eigenvalue weighted by Gasteiger charge is -2.60. The largest absolute Gasteiger partial charge is 0.491 e. The van der Waals surface area contributed by atoms with Crippen molar-refractivity contribution in [2.75, 3.05) is 6.61 Å². The van der Waals surface area contributed by atoms with Gasteiger partial charge in [-0.05, 0) is 56.8 Å². The average molecular weight is 452 g/mol. The summed E-state index contributed by atoms with van der Waals surface area (Å²) in [7, 11) is 0. The maximum atomic E-state index is 13.5. The molecular weight excluding hydrogens is 422 g/mol. The molecule has 6 bridgehead atoms. The summed E-state index contributed by atoms with van der Waals surface area (Å²) in [6.45, 7) is 4.39. The van der Waals surface area contributed by atoms with Gasteiger partial charge >= 0.3 is 17.9 Å². The molecule has 0 amide bonds. The van der Waals surface area contributed by atoms with Gasteiger partial charge < -0.3 is 18.9 Å². The number of alkyl halides is 2. The second-order valence-corrected chi connectivity index (χ2v) is 11.4. The second kappa shape index (κ2) is 6.67. The van der Waals surface area contributed by atoms with E-state index in [2.05, 4.69) is 6.58 Å². The first-order chi connectivity index (χ1) is 15.0. The summed E-state index contributed by atoms with van der Waals surface area (Å²) in [5, 5.41) is 0. The van der Waals surface area contributed by atoms with E-state index in [1.54, 1.807) is 0 Å². The van der Waals surface area contributed by atoms with Gasteiger partial charge in [-0.25, -0.2) is 9.59 Å². The fourth-order valence-corrected chi connectivity index (χ4v) is 8.27. The summed E-state index contributed by atoms with van der Waals surface area (Å²) < 4.78 is 50.3. The Morgan fingerprint density at radius 1 is 1.12 bits per heavy atom. The third-order valence-electron chi connectivity index (χ3n) is 8.94. The van der Waals surface area contributed by atoms with Crippen molar-refractivity contribution in [3.63, 3.8) is 0 Å². The molecule has 0 aromatic rings. The first-order valence-corrected chi connectivity index (χ1v) is 11.8. The Hall–Kier alpha value is -1.70. The van der Waals surface area contributed by atoms with Crippen LogP contribution in [0.15, 0.2) is 12.3 Å². The topological polar surface area (TPSA) is 71.1 Å². The van der Waals surface area contributed by atoms with Gasteiger partial charge in [-0.15, -0.1) is 0 Å². The normalized spacial score (nSPS) is 47.6. The molecule has 7 fully saturated rings. The monoisotopic (exact) mass is 452 g/mol. The number of ether oxygens (including phenoxy) is 4. The van der Waals surface area contributed by atoms with Crippen molar-refractivity contribution in [1.29, 1.82) is 0 Å². The first-order valence-electron chi connectivity index (χ1n) is 11.8. The van der Waals surface area contributed by atoms with E-state index < -0.39 is 29.1 Å². The molecule has 0 N–H and O–H groups in total. The van der Waals surface area contributed by atoms with E-state index in [4.69, 9.17) is 18.9 Å². The van der Waals surface area contributed by atoms with Gasteiger partial charge in [0.25, 0.3) is 0 Å². The number of halogens is 2. The molecule has 0 aromatic heterocycles. The molecule has 0 aromatic carbocycles. The van der Waals surface area contributed by atoms with Crippen molar-refractivity contribution in [3.8, 4) is 0 Å². The second-order valence-electron chi connectivity index (χ2n) is 11.4. The summed E-state index contributed by atoms with van der Waals surface area (Å²) in [5.41, 5.74) is -1.54. The van der Waals surface area contributed by atoms with E-state index in [0.717, 1.165) is 37.9 Å². The Bertz CT molecular complexity index is 851. The molecule has 7 unspecified atom stereocenters. The van der Waals surface area contributed by atoms with E-state index in [-0.39, 0.29) is 30.7 Å². The highest BCUT2D eigenvalue weighted by atomic mass is 19.3. The Morgan fingerprint density at radius 3 is 2.50 bits per heavy atom. The highest BCUT2D eigenvalue weighted by molar-refractivity contribution is 5.77. The predicted octanol–water partition coefficient (Wildman–Crippen LogP) is 3.77. The van der Waals surface area contributed by atoms with Crippen LogP contribution in [0.4, 0.5) is 8.78 Å². The minimum atomic E-state index is -3.52. The Kier molecular flexibility index (Phi) is 4.35. The van der Waals surface area contributed by atoms with Crippen molar-refractivity contribution >= 4 is 11.9 Å². The minimum Gasteiger partial charge on any atom is -0.491 e. The molecule has 7 atom stereocenters. The lowest BCUT2D eigenvalue weighted by Crippen LogP contribution is -2.62. The maximum Gasteiger partial charge on any atom is 0.377 e. The lowest BCUT2D eigenvalue weighted by atomic mass is 9.52. The van der Waals surface area contributed by atoms with Crippen LogP contribution in [0.2, 0.25) is 0 Å². The van der Waals surface area contributed by atoms with Crippen molar-refractivity contribution < 1.29 is 37.3 Å². The van der Waals surface area contributed by atoms with E-state index >= 15 is 0 Å². The number of carbonyl (C=O) groups excluding carboxylic acids is 2. The zero-order valence-corrected chi connectivity index (χ0v) is 18.3. The average Bonchev–Trinajstić information content (AvgIpc) is 3.29. The molecule has 7 rings (SSSR count). The number of esters is 2. The zero-order valence-electron chi connectivity index (χ0n) is 18.3. The lowest BCUT2D eigenvalue weighted by molar-refractivity contribution is -0.245. The molecule has 176 valence electrons. The van der Waals surface area contributed by atoms with Crippen molar-refractivity contribution in [3.05, 3.63) is 12.3 Å². The van der Waals surface area contributed by atoms with Crippen molar-refractivity contribution in [2.24, 2.45) is 29.6 Å². The van der Waals surface area contributed by atoms with Gasteiger partial charge in [0, 0.05) is 31.1 Å². The molecule has 6 aliphatic carbocycles. The predicted molar refractivity (Wildman–Crippen MR) is 106 cm³/mol. The number of rotatable bonds is 6. The number of hydrogen-bond donors (Lipinski definition) is 0. The van der Waals surface area contributed by atoms with E-state index in [1.165, 1.54) is 0 Å². The van der Waals surface area contributed by atoms with Crippen LogP contribution < -0.4 is 0 Å². The van der Waals surface area contributed by atoms with Crippen LogP contribution in [0, 0.1) is 29.6 Å². The molecule has 32 heavy (non-hydrogen) atoms. The fraction of sp³-hybridized carbons (Fsp3) is 0.833. The summed E-state index contributed by atoms with van der Waals surface area (Å²) >= 11 is 0. The van der Waals surface area contributed by atoms with Crippen LogP contribution in [0.5, 0.6) is 0 Å². The molecule has 8 heteroatoms. The van der Waals surface area contributed by atoms with Crippen molar-refractivity contribution in [2.45, 2.75) is 87.6 Å². The molecular formula is C24H30F2O6. The summed E-state index contributed by atoms with van der Waals surface area (Å²) in [5.74, 6) is -2.95. The van der Waals surface area contributed by atoms with Gasteiger partial charge in [-0.1, -0.05) is 6.58 Å². The van der Waals surface area contributed by atoms with E-state index in [9.17, 15) is 18.4 Å². The molecule has 6 nitrogen and oxygen atoms in total. The molecule has 0 spiro atoms. The Labute approximate surface area is 186 Å². The van der Waals surface area contributed by atoms with E-state index in [0.29, 0.717) is 43.9 Å². The molecule has 7 aliphatic rings. The molecule has 6 saturated carbocycles. The molecule has 0 radical (unpaired) electrons. The quantitative estimate of drug-likeness (QED) is 0.572. The van der Waals surface area contributed by atoms with Gasteiger partial charge in [-0.2, -0.15) is 8.78 Å². The standard InChI is InChI=1S/C24H30F2O6/c1-12-16-4-15-5-17(16)20(30-12)19(15)31-18(27)10-29-23-6-13-3-14(7-23)9-24(8-13,11-23)32-21(28)22(2,25)26/h13-17,19-20H,1,3-11H2,2H3. The highest BCUT2D eigenvalue weighted by Crippen LogP contribution is 2.61. The third kappa shape index (κ3) is 3.19. The maximum absolute atomic E-state index is 13.5. The molecule has 1 saturated heterocycles. The van der Waals surface area contributed by atoms with Gasteiger partial charge in [-0.3, -0.25) is 0 Å². The molecule has 1 aliphatic heterocycles. The summed E-state index contributed by atoms with van der Waals surface area (Å²) in [6, 6.07) is 0. The third-order valence-corrected chi connectivity index (χ3v) is 8.94. The van der Waals surface area contributed by atoms with Crippen LogP contribution in [0.3, 0.4) is 0 Å². The number of fused-ring (bicyclic) bond motifs is 1. The van der Waals surface area contributed by atoms with Crippen LogP contribution in [-0.4, -0.2) is 47.9 Å². The number of carbonyl (C=O) groups is 2. The summed E-state index contributed by atoms with van der Waals surface area (Å²) in [4.78, 5) is 24.7. The highest BCUT2D eigenvalue weighted by Gasteiger charge is 2.63. The zero-order chi connectivity index (χ0) is 22.5. The minimum absolute atomic E-state index is 0.0897. The van der Waals surface area contributed by atoms with Gasteiger partial charge in [0.2, 0.25) is 0 Å². The van der Waals surface area contributed by atoms with E-state index in [1.807, 2.05) is 0 Å².